The number of hydrogen-bond acceptors (Lipinski definition) is 2. The zero-order valence-electron chi connectivity index (χ0n) is 32.6. The van der Waals surface area contributed by atoms with Crippen LogP contribution < -0.4 is 0 Å². The standard InChI is InChI=1S/C58H36S2/c1-4-20-41-37(14-1)17-11-27-44(41)54-33-32-53(59-54)40-30-31-46(56-35-34-55(60-56)45-28-12-18-38-15-2-5-21-42(38)45)52(36-40)58-50-25-9-7-23-48(50)57(49-24-8-10-26-51(49)58)47-29-13-19-39-16-3-6-22-43(39)47/h1-36H. The first-order chi connectivity index (χ1) is 29.8. The van der Waals surface area contributed by atoms with Crippen molar-refractivity contribution in [1.82, 2.24) is 0 Å². The van der Waals surface area contributed by atoms with Crippen molar-refractivity contribution in [3.63, 3.8) is 0 Å². The molecule has 2 aromatic heterocycles. The van der Waals surface area contributed by atoms with Crippen LogP contribution in [0.3, 0.4) is 0 Å². The third-order valence-corrected chi connectivity index (χ3v) is 14.5. The average Bonchev–Trinajstić information content (AvgIpc) is 4.02. The van der Waals surface area contributed by atoms with Crippen LogP contribution in [0.25, 0.3) is 118 Å². The molecule has 0 aliphatic carbocycles. The van der Waals surface area contributed by atoms with Crippen LogP contribution in [-0.4, -0.2) is 0 Å². The van der Waals surface area contributed by atoms with E-state index in [2.05, 4.69) is 218 Å². The van der Waals surface area contributed by atoms with Gasteiger partial charge < -0.3 is 0 Å². The Hall–Kier alpha value is -7.10. The molecule has 0 atom stereocenters. The molecule has 0 N–H and O–H groups in total. The second-order valence-corrected chi connectivity index (χ2v) is 17.7. The summed E-state index contributed by atoms with van der Waals surface area (Å²) < 4.78 is 0. The lowest BCUT2D eigenvalue weighted by atomic mass is 9.83. The van der Waals surface area contributed by atoms with E-state index in [4.69, 9.17) is 0 Å². The van der Waals surface area contributed by atoms with Crippen molar-refractivity contribution in [2.75, 3.05) is 0 Å². The summed E-state index contributed by atoms with van der Waals surface area (Å²) in [6.07, 6.45) is 0. The molecule has 0 amide bonds. The number of benzene rings is 10. The maximum atomic E-state index is 2.47. The molecule has 0 nitrogen and oxygen atoms in total. The normalized spacial score (nSPS) is 11.7. The molecule has 2 heteroatoms. The molecule has 0 aliphatic rings. The van der Waals surface area contributed by atoms with Gasteiger partial charge in [-0.2, -0.15) is 0 Å². The molecule has 0 unspecified atom stereocenters. The van der Waals surface area contributed by atoms with Crippen LogP contribution in [0.4, 0.5) is 0 Å². The monoisotopic (exact) mass is 796 g/mol. The number of rotatable bonds is 6. The molecule has 0 fully saturated rings. The Labute approximate surface area is 356 Å². The molecule has 0 radical (unpaired) electrons. The van der Waals surface area contributed by atoms with Crippen molar-refractivity contribution >= 4 is 76.5 Å². The summed E-state index contributed by atoms with van der Waals surface area (Å²) in [4.78, 5) is 5.07. The predicted molar refractivity (Wildman–Crippen MR) is 262 cm³/mol. The summed E-state index contributed by atoms with van der Waals surface area (Å²) in [6.45, 7) is 0. The van der Waals surface area contributed by atoms with Crippen LogP contribution >= 0.6 is 22.7 Å². The molecule has 0 spiro atoms. The van der Waals surface area contributed by atoms with Gasteiger partial charge in [-0.05, 0) is 129 Å². The first-order valence-electron chi connectivity index (χ1n) is 20.5. The highest BCUT2D eigenvalue weighted by molar-refractivity contribution is 7.19. The topological polar surface area (TPSA) is 0 Å². The largest absolute Gasteiger partial charge is 0.135 e. The fourth-order valence-corrected chi connectivity index (χ4v) is 11.5. The van der Waals surface area contributed by atoms with Gasteiger partial charge in [0.25, 0.3) is 0 Å². The van der Waals surface area contributed by atoms with Gasteiger partial charge >= 0.3 is 0 Å². The van der Waals surface area contributed by atoms with E-state index in [1.807, 2.05) is 22.7 Å². The second kappa shape index (κ2) is 14.3. The molecule has 2 heterocycles. The maximum absolute atomic E-state index is 2.47. The summed E-state index contributed by atoms with van der Waals surface area (Å²) in [5.74, 6) is 0. The second-order valence-electron chi connectivity index (χ2n) is 15.5. The van der Waals surface area contributed by atoms with E-state index in [1.54, 1.807) is 0 Å². The Kier molecular flexibility index (Phi) is 8.33. The van der Waals surface area contributed by atoms with Crippen molar-refractivity contribution in [3.8, 4) is 64.0 Å². The van der Waals surface area contributed by atoms with Crippen LogP contribution in [0.1, 0.15) is 0 Å². The van der Waals surface area contributed by atoms with Crippen molar-refractivity contribution in [3.05, 3.63) is 218 Å². The fraction of sp³-hybridized carbons (Fsp3) is 0. The average molecular weight is 797 g/mol. The van der Waals surface area contributed by atoms with Gasteiger partial charge in [0, 0.05) is 19.5 Å². The van der Waals surface area contributed by atoms with Crippen molar-refractivity contribution in [2.45, 2.75) is 0 Å². The van der Waals surface area contributed by atoms with E-state index in [0.29, 0.717) is 0 Å². The molecule has 0 saturated carbocycles. The number of hydrogen-bond donors (Lipinski definition) is 0. The van der Waals surface area contributed by atoms with E-state index in [1.165, 1.54) is 118 Å². The maximum Gasteiger partial charge on any atom is 0.0355 e. The Bertz CT molecular complexity index is 3550. The minimum absolute atomic E-state index is 1.22. The summed E-state index contributed by atoms with van der Waals surface area (Å²) >= 11 is 3.75. The van der Waals surface area contributed by atoms with Gasteiger partial charge in [0.05, 0.1) is 0 Å². The van der Waals surface area contributed by atoms with Crippen LogP contribution in [-0.2, 0) is 0 Å². The van der Waals surface area contributed by atoms with Crippen molar-refractivity contribution in [1.29, 1.82) is 0 Å². The van der Waals surface area contributed by atoms with Crippen LogP contribution in [0.15, 0.2) is 218 Å². The number of fused-ring (bicyclic) bond motifs is 5. The Morgan fingerprint density at radius 1 is 0.217 bits per heavy atom. The lowest BCUT2D eigenvalue weighted by molar-refractivity contribution is 1.65. The first-order valence-corrected chi connectivity index (χ1v) is 22.1. The van der Waals surface area contributed by atoms with Crippen molar-refractivity contribution in [2.24, 2.45) is 0 Å². The van der Waals surface area contributed by atoms with Gasteiger partial charge in [0.2, 0.25) is 0 Å². The number of thiophene rings is 2. The summed E-state index contributed by atoms with van der Waals surface area (Å²) in [6, 6.07) is 80.8. The van der Waals surface area contributed by atoms with Crippen LogP contribution in [0.5, 0.6) is 0 Å². The molecular formula is C58H36S2. The molecule has 0 bridgehead atoms. The quantitative estimate of drug-likeness (QED) is 0.147. The minimum atomic E-state index is 1.22. The molecule has 0 saturated heterocycles. The van der Waals surface area contributed by atoms with Gasteiger partial charge in [-0.3, -0.25) is 0 Å². The fourth-order valence-electron chi connectivity index (χ4n) is 9.42. The molecular weight excluding hydrogens is 761 g/mol. The smallest absolute Gasteiger partial charge is 0.0355 e. The van der Waals surface area contributed by atoms with Gasteiger partial charge in [-0.15, -0.1) is 22.7 Å². The van der Waals surface area contributed by atoms with E-state index in [-0.39, 0.29) is 0 Å². The molecule has 12 aromatic rings. The highest BCUT2D eigenvalue weighted by atomic mass is 32.1. The third kappa shape index (κ3) is 5.72. The SMILES string of the molecule is c1ccc2c(-c3ccc(-c4ccc(-c5ccc(-c6cccc7ccccc67)s5)c(-c5c6ccccc6c(-c6cccc7ccccc67)c6ccccc56)c4)s3)cccc2c1. The van der Waals surface area contributed by atoms with E-state index < -0.39 is 0 Å². The van der Waals surface area contributed by atoms with Crippen LogP contribution in [0.2, 0.25) is 0 Å². The predicted octanol–water partition coefficient (Wildman–Crippen LogP) is 17.6. The Morgan fingerprint density at radius 3 is 1.07 bits per heavy atom. The molecule has 10 aromatic carbocycles. The first kappa shape index (κ1) is 34.9. The van der Waals surface area contributed by atoms with E-state index >= 15 is 0 Å². The molecule has 60 heavy (non-hydrogen) atoms. The third-order valence-electron chi connectivity index (χ3n) is 12.2. The summed E-state index contributed by atoms with van der Waals surface area (Å²) in [5, 5.41) is 12.6. The van der Waals surface area contributed by atoms with Gasteiger partial charge in [-0.25, -0.2) is 0 Å². The Morgan fingerprint density at radius 2 is 0.567 bits per heavy atom. The molecule has 12 rings (SSSR count). The van der Waals surface area contributed by atoms with Gasteiger partial charge in [-0.1, -0.05) is 188 Å². The Balaban J connectivity index is 1.11. The molecule has 0 aliphatic heterocycles. The molecule has 280 valence electrons. The lowest BCUT2D eigenvalue weighted by Gasteiger charge is -2.20. The summed E-state index contributed by atoms with van der Waals surface area (Å²) in [5.41, 5.74) is 10.1. The zero-order valence-corrected chi connectivity index (χ0v) is 34.2. The summed E-state index contributed by atoms with van der Waals surface area (Å²) in [7, 11) is 0. The zero-order chi connectivity index (χ0) is 39.6. The van der Waals surface area contributed by atoms with Crippen molar-refractivity contribution < 1.29 is 0 Å². The van der Waals surface area contributed by atoms with E-state index in [0.717, 1.165) is 0 Å². The van der Waals surface area contributed by atoms with E-state index in [9.17, 15) is 0 Å². The lowest BCUT2D eigenvalue weighted by Crippen LogP contribution is -1.93. The highest BCUT2D eigenvalue weighted by Crippen LogP contribution is 2.50. The van der Waals surface area contributed by atoms with Gasteiger partial charge in [0.15, 0.2) is 0 Å². The minimum Gasteiger partial charge on any atom is -0.135 e. The highest BCUT2D eigenvalue weighted by Gasteiger charge is 2.22. The van der Waals surface area contributed by atoms with Gasteiger partial charge in [0.1, 0.15) is 0 Å². The van der Waals surface area contributed by atoms with Crippen LogP contribution in [0, 0.1) is 0 Å².